The fourth-order valence-corrected chi connectivity index (χ4v) is 4.05. The number of guanidine groups is 1. The summed E-state index contributed by atoms with van der Waals surface area (Å²) in [5.74, 6) is 1.10. The van der Waals surface area contributed by atoms with Crippen LogP contribution in [0.5, 0.6) is 0 Å². The van der Waals surface area contributed by atoms with E-state index < -0.39 is 0 Å². The number of piperazine rings is 1. The zero-order chi connectivity index (χ0) is 18.6. The van der Waals surface area contributed by atoms with E-state index in [1.54, 1.807) is 0 Å². The Morgan fingerprint density at radius 1 is 1.12 bits per heavy atom. The molecule has 1 saturated heterocycles. The van der Waals surface area contributed by atoms with Gasteiger partial charge in [-0.05, 0) is 57.9 Å². The fraction of sp³-hybridized carbons (Fsp3) is 0.750. The second kappa shape index (κ2) is 12.2. The minimum Gasteiger partial charge on any atom is -0.360 e. The summed E-state index contributed by atoms with van der Waals surface area (Å²) in [6.07, 6.45) is 6.48. The Balaban J connectivity index is 1.66. The summed E-state index contributed by atoms with van der Waals surface area (Å²) in [5, 5.41) is 7.03. The van der Waals surface area contributed by atoms with Crippen LogP contribution in [0.25, 0.3) is 0 Å². The van der Waals surface area contributed by atoms with Crippen LogP contribution in [0.1, 0.15) is 39.0 Å². The molecule has 0 radical (unpaired) electrons. The lowest BCUT2D eigenvalue weighted by Crippen LogP contribution is -2.52. The maximum atomic E-state index is 4.88. The van der Waals surface area contributed by atoms with Gasteiger partial charge in [-0.25, -0.2) is 0 Å². The van der Waals surface area contributed by atoms with Crippen LogP contribution >= 0.6 is 11.3 Å². The first-order chi connectivity index (χ1) is 12.7. The first kappa shape index (κ1) is 21.0. The van der Waals surface area contributed by atoms with Gasteiger partial charge in [-0.2, -0.15) is 0 Å². The lowest BCUT2D eigenvalue weighted by atomic mass is 10.1. The number of hydrogen-bond donors (Lipinski definition) is 1. The molecular weight excluding hydrogens is 342 g/mol. The van der Waals surface area contributed by atoms with Crippen LogP contribution in [-0.4, -0.2) is 75.7 Å². The third-order valence-corrected chi connectivity index (χ3v) is 5.69. The minimum absolute atomic E-state index is 0.939. The molecule has 1 aliphatic heterocycles. The average molecular weight is 380 g/mol. The van der Waals surface area contributed by atoms with Crippen LogP contribution in [0.2, 0.25) is 0 Å². The molecule has 0 saturated carbocycles. The Hall–Kier alpha value is -1.27. The van der Waals surface area contributed by atoms with Crippen LogP contribution in [0.3, 0.4) is 0 Å². The van der Waals surface area contributed by atoms with Crippen molar-refractivity contribution in [1.29, 1.82) is 0 Å². The van der Waals surface area contributed by atoms with Crippen molar-refractivity contribution < 1.29 is 0 Å². The summed E-state index contributed by atoms with van der Waals surface area (Å²) in [6, 6.07) is 4.36. The van der Waals surface area contributed by atoms with Crippen molar-refractivity contribution in [2.45, 2.75) is 39.0 Å². The molecule has 0 unspecified atom stereocenters. The predicted molar refractivity (Wildman–Crippen MR) is 116 cm³/mol. The highest BCUT2D eigenvalue weighted by molar-refractivity contribution is 7.14. The largest absolute Gasteiger partial charge is 0.360 e. The number of aliphatic imine (C=N–C) groups is 1. The van der Waals surface area contributed by atoms with Crippen molar-refractivity contribution in [3.63, 3.8) is 0 Å². The van der Waals surface area contributed by atoms with E-state index in [2.05, 4.69) is 58.5 Å². The van der Waals surface area contributed by atoms with Crippen molar-refractivity contribution in [3.05, 3.63) is 17.5 Å². The van der Waals surface area contributed by atoms with E-state index in [0.29, 0.717) is 0 Å². The van der Waals surface area contributed by atoms with Gasteiger partial charge in [0.2, 0.25) is 0 Å². The van der Waals surface area contributed by atoms with Crippen LogP contribution < -0.4 is 10.2 Å². The summed E-state index contributed by atoms with van der Waals surface area (Å²) in [5.41, 5.74) is 0. The number of unbranched alkanes of at least 4 members (excludes halogenated alkanes) is 4. The quantitative estimate of drug-likeness (QED) is 0.384. The van der Waals surface area contributed by atoms with E-state index >= 15 is 0 Å². The van der Waals surface area contributed by atoms with Gasteiger partial charge in [0.05, 0.1) is 5.00 Å². The molecule has 148 valence electrons. The number of anilines is 1. The van der Waals surface area contributed by atoms with Crippen molar-refractivity contribution >= 4 is 22.3 Å². The van der Waals surface area contributed by atoms with Gasteiger partial charge in [-0.1, -0.05) is 19.3 Å². The standard InChI is InChI=1S/C20H37N5S/c1-4-21-20(22-12-8-6-5-7-9-13-23(2)3)25-16-14-24(15-17-25)19-11-10-18-26-19/h10-11,18H,4-9,12-17H2,1-3H3,(H,21,22). The third-order valence-electron chi connectivity index (χ3n) is 4.76. The van der Waals surface area contributed by atoms with E-state index in [9.17, 15) is 0 Å². The van der Waals surface area contributed by atoms with Crippen LogP contribution in [0.4, 0.5) is 5.00 Å². The molecule has 0 spiro atoms. The topological polar surface area (TPSA) is 34.1 Å². The number of hydrogen-bond acceptors (Lipinski definition) is 4. The second-order valence-electron chi connectivity index (χ2n) is 7.23. The van der Waals surface area contributed by atoms with Gasteiger partial charge < -0.3 is 20.0 Å². The molecule has 2 heterocycles. The van der Waals surface area contributed by atoms with E-state index in [1.165, 1.54) is 43.6 Å². The monoisotopic (exact) mass is 379 g/mol. The van der Waals surface area contributed by atoms with Crippen molar-refractivity contribution in [3.8, 4) is 0 Å². The van der Waals surface area contributed by atoms with Gasteiger partial charge >= 0.3 is 0 Å². The van der Waals surface area contributed by atoms with Crippen molar-refractivity contribution in [2.24, 2.45) is 4.99 Å². The lowest BCUT2D eigenvalue weighted by molar-refractivity contribution is 0.373. The molecule has 0 aromatic carbocycles. The van der Waals surface area contributed by atoms with Crippen molar-refractivity contribution in [1.82, 2.24) is 15.1 Å². The summed E-state index contributed by atoms with van der Waals surface area (Å²) >= 11 is 1.83. The first-order valence-corrected chi connectivity index (χ1v) is 11.0. The van der Waals surface area contributed by atoms with Gasteiger partial charge in [0.1, 0.15) is 0 Å². The Bertz CT molecular complexity index is 492. The molecule has 0 amide bonds. The fourth-order valence-electron chi connectivity index (χ4n) is 3.27. The Labute approximate surface area is 164 Å². The van der Waals surface area contributed by atoms with Gasteiger partial charge in [-0.15, -0.1) is 11.3 Å². The highest BCUT2D eigenvalue weighted by atomic mass is 32.1. The van der Waals surface area contributed by atoms with Gasteiger partial charge in [0.25, 0.3) is 0 Å². The zero-order valence-corrected chi connectivity index (χ0v) is 17.7. The van der Waals surface area contributed by atoms with E-state index in [0.717, 1.165) is 45.2 Å². The molecule has 0 atom stereocenters. The molecule has 2 rings (SSSR count). The van der Waals surface area contributed by atoms with Crippen molar-refractivity contribution in [2.75, 3.05) is 64.8 Å². The van der Waals surface area contributed by atoms with Crippen LogP contribution in [-0.2, 0) is 0 Å². The summed E-state index contributed by atoms with van der Waals surface area (Å²) < 4.78 is 0. The molecule has 0 bridgehead atoms. The Morgan fingerprint density at radius 3 is 2.50 bits per heavy atom. The van der Waals surface area contributed by atoms with Gasteiger partial charge in [0, 0.05) is 39.3 Å². The van der Waals surface area contributed by atoms with Crippen LogP contribution in [0, 0.1) is 0 Å². The molecule has 0 aliphatic carbocycles. The smallest absolute Gasteiger partial charge is 0.194 e. The highest BCUT2D eigenvalue weighted by Crippen LogP contribution is 2.22. The van der Waals surface area contributed by atoms with E-state index in [4.69, 9.17) is 4.99 Å². The molecule has 1 fully saturated rings. The number of nitrogens with one attached hydrogen (secondary N) is 1. The highest BCUT2D eigenvalue weighted by Gasteiger charge is 2.20. The molecule has 5 nitrogen and oxygen atoms in total. The summed E-state index contributed by atoms with van der Waals surface area (Å²) in [7, 11) is 4.30. The number of rotatable bonds is 10. The number of nitrogens with zero attached hydrogens (tertiary/aromatic N) is 4. The average Bonchev–Trinajstić information content (AvgIpc) is 3.17. The molecule has 1 aromatic rings. The molecule has 1 aromatic heterocycles. The normalized spacial score (nSPS) is 15.8. The Morgan fingerprint density at radius 2 is 1.85 bits per heavy atom. The Kier molecular flexibility index (Phi) is 9.85. The summed E-state index contributed by atoms with van der Waals surface area (Å²) in [4.78, 5) is 12.1. The molecule has 1 aliphatic rings. The molecule has 1 N–H and O–H groups in total. The predicted octanol–water partition coefficient (Wildman–Crippen LogP) is 3.35. The minimum atomic E-state index is 0.939. The lowest BCUT2D eigenvalue weighted by Gasteiger charge is -2.37. The van der Waals surface area contributed by atoms with E-state index in [-0.39, 0.29) is 0 Å². The SMILES string of the molecule is CCNC(=NCCCCCCCN(C)C)N1CCN(c2cccs2)CC1. The maximum absolute atomic E-state index is 4.88. The third kappa shape index (κ3) is 7.54. The second-order valence-corrected chi connectivity index (χ2v) is 8.16. The van der Waals surface area contributed by atoms with E-state index in [1.807, 2.05) is 11.3 Å². The van der Waals surface area contributed by atoms with Crippen LogP contribution in [0.15, 0.2) is 22.5 Å². The molecular formula is C20H37N5S. The maximum Gasteiger partial charge on any atom is 0.194 e. The number of thiophene rings is 1. The zero-order valence-electron chi connectivity index (χ0n) is 16.9. The first-order valence-electron chi connectivity index (χ1n) is 10.2. The van der Waals surface area contributed by atoms with Gasteiger partial charge in [-0.3, -0.25) is 4.99 Å². The molecule has 26 heavy (non-hydrogen) atoms. The van der Waals surface area contributed by atoms with Gasteiger partial charge in [0.15, 0.2) is 5.96 Å². The summed E-state index contributed by atoms with van der Waals surface area (Å²) in [6.45, 7) is 9.51. The molecule has 6 heteroatoms.